The average molecular weight is 413 g/mol. The molecule has 0 bridgehead atoms. The van der Waals surface area contributed by atoms with Crippen LogP contribution in [0.1, 0.15) is 12.8 Å². The number of carbonyl (C=O) groups is 1. The fourth-order valence-corrected chi connectivity index (χ4v) is 4.42. The minimum Gasteiger partial charge on any atom is -0.348 e. The zero-order chi connectivity index (χ0) is 20.0. The van der Waals surface area contributed by atoms with Gasteiger partial charge in [-0.25, -0.2) is 23.3 Å². The van der Waals surface area contributed by atoms with Gasteiger partial charge in [0.2, 0.25) is 5.91 Å². The number of benzene rings is 1. The summed E-state index contributed by atoms with van der Waals surface area (Å²) in [4.78, 5) is 36.0. The summed E-state index contributed by atoms with van der Waals surface area (Å²) in [5.74, 6) is -0.937. The molecule has 1 amide bonds. The van der Waals surface area contributed by atoms with Crippen molar-refractivity contribution in [2.24, 2.45) is 0 Å². The maximum Gasteiger partial charge on any atom is 0.352 e. The van der Waals surface area contributed by atoms with E-state index in [2.05, 4.69) is 25.3 Å². The highest BCUT2D eigenvalue weighted by Crippen LogP contribution is 2.31. The summed E-state index contributed by atoms with van der Waals surface area (Å²) in [5, 5.41) is 7.75. The molecule has 29 heavy (non-hydrogen) atoms. The van der Waals surface area contributed by atoms with E-state index in [1.54, 1.807) is 6.07 Å². The van der Waals surface area contributed by atoms with Crippen LogP contribution >= 0.6 is 11.3 Å². The molecule has 1 N–H and O–H groups in total. The van der Waals surface area contributed by atoms with Crippen molar-refractivity contribution in [1.82, 2.24) is 24.1 Å². The molecule has 148 valence electrons. The van der Waals surface area contributed by atoms with Gasteiger partial charge in [-0.3, -0.25) is 4.79 Å². The number of aromatic nitrogens is 5. The van der Waals surface area contributed by atoms with Crippen molar-refractivity contribution in [2.45, 2.75) is 19.4 Å². The molecule has 0 radical (unpaired) electrons. The Morgan fingerprint density at radius 3 is 2.90 bits per heavy atom. The van der Waals surface area contributed by atoms with Crippen molar-refractivity contribution >= 4 is 44.1 Å². The molecule has 0 aliphatic carbocycles. The average Bonchev–Trinajstić information content (AvgIpc) is 3.41. The molecule has 11 heteroatoms. The third-order valence-electron chi connectivity index (χ3n) is 4.75. The molecule has 3 aromatic heterocycles. The Kier molecular flexibility index (Phi) is 4.23. The molecule has 9 nitrogen and oxygen atoms in total. The molecule has 1 fully saturated rings. The third kappa shape index (κ3) is 3.23. The minimum absolute atomic E-state index is 0.295. The lowest BCUT2D eigenvalue weighted by atomic mass is 10.3. The Bertz CT molecular complexity index is 1290. The standard InChI is InChI=1S/C18H16FN7O2S/c19-11-4-3-5-12(8-11)21-13(27)9-26-18(28)25-10-20-15-14(16(25)23-26)29-17(22-15)24-6-1-2-7-24/h3-5,8,10H,1-2,6-7,9H2,(H,21,27). The molecule has 5 rings (SSSR count). The van der Waals surface area contributed by atoms with Crippen LogP contribution in [-0.2, 0) is 11.3 Å². The van der Waals surface area contributed by atoms with Gasteiger partial charge in [-0.15, -0.1) is 5.10 Å². The van der Waals surface area contributed by atoms with E-state index in [4.69, 9.17) is 0 Å². The van der Waals surface area contributed by atoms with E-state index >= 15 is 0 Å². The Balaban J connectivity index is 1.46. The third-order valence-corrected chi connectivity index (χ3v) is 5.85. The molecule has 1 aliphatic rings. The number of anilines is 2. The summed E-state index contributed by atoms with van der Waals surface area (Å²) in [6.45, 7) is 1.62. The second-order valence-corrected chi connectivity index (χ2v) is 7.76. The van der Waals surface area contributed by atoms with Gasteiger partial charge >= 0.3 is 5.69 Å². The zero-order valence-electron chi connectivity index (χ0n) is 15.2. The summed E-state index contributed by atoms with van der Waals surface area (Å²) in [5.41, 5.74) is 0.792. The number of hydrogen-bond donors (Lipinski definition) is 1. The molecule has 1 saturated heterocycles. The van der Waals surface area contributed by atoms with E-state index < -0.39 is 17.4 Å². The van der Waals surface area contributed by atoms with Gasteiger partial charge in [-0.05, 0) is 31.0 Å². The maximum absolute atomic E-state index is 13.3. The zero-order valence-corrected chi connectivity index (χ0v) is 16.0. The van der Waals surface area contributed by atoms with Crippen LogP contribution in [0, 0.1) is 5.82 Å². The first-order chi connectivity index (χ1) is 14.1. The number of fused-ring (bicyclic) bond motifs is 3. The number of halogens is 1. The Labute approximate surface area is 167 Å². The number of amides is 1. The van der Waals surface area contributed by atoms with Crippen molar-refractivity contribution in [2.75, 3.05) is 23.3 Å². The van der Waals surface area contributed by atoms with E-state index in [0.29, 0.717) is 21.7 Å². The van der Waals surface area contributed by atoms with Gasteiger partial charge in [0, 0.05) is 18.8 Å². The lowest BCUT2D eigenvalue weighted by molar-refractivity contribution is -0.117. The molecular formula is C18H16FN7O2S. The Morgan fingerprint density at radius 2 is 2.10 bits per heavy atom. The summed E-state index contributed by atoms with van der Waals surface area (Å²) in [7, 11) is 0. The van der Waals surface area contributed by atoms with Gasteiger partial charge < -0.3 is 10.2 Å². The van der Waals surface area contributed by atoms with Crippen LogP contribution in [0.2, 0.25) is 0 Å². The first kappa shape index (κ1) is 17.7. The highest BCUT2D eigenvalue weighted by Gasteiger charge is 2.20. The van der Waals surface area contributed by atoms with Crippen molar-refractivity contribution in [3.63, 3.8) is 0 Å². The Morgan fingerprint density at radius 1 is 1.28 bits per heavy atom. The van der Waals surface area contributed by atoms with Crippen LogP contribution in [0.25, 0.3) is 16.0 Å². The first-order valence-electron chi connectivity index (χ1n) is 9.13. The molecule has 1 aromatic carbocycles. The predicted octanol–water partition coefficient (Wildman–Crippen LogP) is 1.88. The number of nitrogens with zero attached hydrogens (tertiary/aromatic N) is 6. The summed E-state index contributed by atoms with van der Waals surface area (Å²) >= 11 is 1.44. The predicted molar refractivity (Wildman–Crippen MR) is 107 cm³/mol. The number of hydrogen-bond acceptors (Lipinski definition) is 7. The van der Waals surface area contributed by atoms with Crippen LogP contribution < -0.4 is 15.9 Å². The van der Waals surface area contributed by atoms with Crippen molar-refractivity contribution in [1.29, 1.82) is 0 Å². The lowest BCUT2D eigenvalue weighted by Crippen LogP contribution is -2.28. The van der Waals surface area contributed by atoms with E-state index in [9.17, 15) is 14.0 Å². The van der Waals surface area contributed by atoms with Crippen LogP contribution in [0.4, 0.5) is 15.2 Å². The van der Waals surface area contributed by atoms with E-state index in [-0.39, 0.29) is 6.54 Å². The molecular weight excluding hydrogens is 397 g/mol. The number of rotatable bonds is 4. The van der Waals surface area contributed by atoms with Gasteiger partial charge in [0.15, 0.2) is 16.4 Å². The largest absolute Gasteiger partial charge is 0.352 e. The summed E-state index contributed by atoms with van der Waals surface area (Å²) in [6.07, 6.45) is 3.64. The van der Waals surface area contributed by atoms with Crippen molar-refractivity contribution < 1.29 is 9.18 Å². The first-order valence-corrected chi connectivity index (χ1v) is 9.95. The number of nitrogens with one attached hydrogen (secondary N) is 1. The van der Waals surface area contributed by atoms with Crippen molar-refractivity contribution in [3.05, 3.63) is 46.9 Å². The molecule has 4 aromatic rings. The molecule has 1 aliphatic heterocycles. The molecule has 0 saturated carbocycles. The molecule has 0 spiro atoms. The van der Waals surface area contributed by atoms with E-state index in [1.165, 1.54) is 40.3 Å². The minimum atomic E-state index is -0.479. The molecule has 0 atom stereocenters. The lowest BCUT2D eigenvalue weighted by Gasteiger charge is -2.11. The second-order valence-electron chi connectivity index (χ2n) is 6.78. The van der Waals surface area contributed by atoms with Gasteiger partial charge in [0.05, 0.1) is 0 Å². The summed E-state index contributed by atoms with van der Waals surface area (Å²) < 4.78 is 16.4. The monoisotopic (exact) mass is 413 g/mol. The highest BCUT2D eigenvalue weighted by atomic mass is 32.1. The molecule has 4 heterocycles. The maximum atomic E-state index is 13.3. The summed E-state index contributed by atoms with van der Waals surface area (Å²) in [6, 6.07) is 5.55. The van der Waals surface area contributed by atoms with Gasteiger partial charge in [0.25, 0.3) is 0 Å². The van der Waals surface area contributed by atoms with Crippen LogP contribution in [0.3, 0.4) is 0 Å². The Hall–Kier alpha value is -3.34. The van der Waals surface area contributed by atoms with Gasteiger partial charge in [0.1, 0.15) is 23.4 Å². The van der Waals surface area contributed by atoms with Gasteiger partial charge in [-0.1, -0.05) is 17.4 Å². The second kappa shape index (κ2) is 6.92. The fraction of sp³-hybridized carbons (Fsp3) is 0.278. The van der Waals surface area contributed by atoms with Gasteiger partial charge in [-0.2, -0.15) is 4.98 Å². The fourth-order valence-electron chi connectivity index (χ4n) is 3.38. The normalized spacial score (nSPS) is 14.2. The van der Waals surface area contributed by atoms with Crippen LogP contribution in [0.15, 0.2) is 35.4 Å². The smallest absolute Gasteiger partial charge is 0.348 e. The van der Waals surface area contributed by atoms with Crippen molar-refractivity contribution in [3.8, 4) is 0 Å². The highest BCUT2D eigenvalue weighted by molar-refractivity contribution is 7.22. The topological polar surface area (TPSA) is 97.4 Å². The quantitative estimate of drug-likeness (QED) is 0.549. The SMILES string of the molecule is O=C(Cn1nc2c3sc(N4CCCC4)nc3ncn2c1=O)Nc1cccc(F)c1. The van der Waals surface area contributed by atoms with Crippen LogP contribution in [-0.4, -0.2) is 43.1 Å². The van der Waals surface area contributed by atoms with Crippen LogP contribution in [0.5, 0.6) is 0 Å². The number of carbonyl (C=O) groups excluding carboxylic acids is 1. The van der Waals surface area contributed by atoms with E-state index in [1.807, 2.05) is 0 Å². The molecule has 0 unspecified atom stereocenters. The number of thiazole rings is 1. The van der Waals surface area contributed by atoms with E-state index in [0.717, 1.165) is 35.7 Å².